The summed E-state index contributed by atoms with van der Waals surface area (Å²) in [6.45, 7) is 9.82. The Kier molecular flexibility index (Phi) is 8.35. The zero-order chi connectivity index (χ0) is 31.0. The van der Waals surface area contributed by atoms with E-state index in [1.807, 2.05) is 39.0 Å². The molecule has 0 aliphatic carbocycles. The van der Waals surface area contributed by atoms with Gasteiger partial charge in [-0.2, -0.15) is 4.98 Å². The highest BCUT2D eigenvalue weighted by Gasteiger charge is 2.28. The van der Waals surface area contributed by atoms with E-state index in [-0.39, 0.29) is 46.9 Å². The van der Waals surface area contributed by atoms with Gasteiger partial charge < -0.3 is 40.8 Å². The van der Waals surface area contributed by atoms with E-state index in [2.05, 4.69) is 15.3 Å². The Balaban J connectivity index is 1.60. The lowest BCUT2D eigenvalue weighted by molar-refractivity contribution is 0.0204. The third kappa shape index (κ3) is 6.73. The average Bonchev–Trinajstić information content (AvgIpc) is 2.89. The molecule has 42 heavy (non-hydrogen) atoms. The van der Waals surface area contributed by atoms with E-state index in [0.717, 1.165) is 18.4 Å². The molecule has 4 rings (SSSR count). The minimum atomic E-state index is -1.24. The van der Waals surface area contributed by atoms with Crippen LogP contribution in [0, 0.1) is 0 Å². The van der Waals surface area contributed by atoms with E-state index in [0.29, 0.717) is 24.5 Å². The molecular weight excluding hydrogens is 542 g/mol. The number of hydrogen-bond donors (Lipinski definition) is 4. The fourth-order valence-corrected chi connectivity index (χ4v) is 4.99. The van der Waals surface area contributed by atoms with E-state index in [1.165, 1.54) is 10.8 Å². The second kappa shape index (κ2) is 11.5. The van der Waals surface area contributed by atoms with Gasteiger partial charge in [0.2, 0.25) is 11.4 Å². The Bertz CT molecular complexity index is 1560. The summed E-state index contributed by atoms with van der Waals surface area (Å²) in [5, 5.41) is 13.6. The number of hydrogen-bond acceptors (Lipinski definition) is 10. The highest BCUT2D eigenvalue weighted by atomic mass is 16.6. The minimum absolute atomic E-state index is 0.0350. The fourth-order valence-electron chi connectivity index (χ4n) is 4.99. The van der Waals surface area contributed by atoms with Crippen molar-refractivity contribution in [3.05, 3.63) is 45.7 Å². The van der Waals surface area contributed by atoms with Gasteiger partial charge in [-0.3, -0.25) is 9.59 Å². The molecule has 226 valence electrons. The smallest absolute Gasteiger partial charge is 0.410 e. The van der Waals surface area contributed by atoms with Crippen LogP contribution in [-0.2, 0) is 11.3 Å². The molecular formula is C29H39N7O6. The molecule has 0 atom stereocenters. The number of aromatic nitrogens is 3. The Morgan fingerprint density at radius 1 is 1.17 bits per heavy atom. The second-order valence-electron chi connectivity index (χ2n) is 12.1. The van der Waals surface area contributed by atoms with Gasteiger partial charge in [0.15, 0.2) is 5.65 Å². The van der Waals surface area contributed by atoms with Gasteiger partial charge in [-0.15, -0.1) is 0 Å². The first-order valence-corrected chi connectivity index (χ1v) is 13.7. The molecule has 6 N–H and O–H groups in total. The summed E-state index contributed by atoms with van der Waals surface area (Å²) < 4.78 is 12.5. The number of primary amides is 1. The lowest BCUT2D eigenvalue weighted by Crippen LogP contribution is -2.41. The third-order valence-corrected chi connectivity index (χ3v) is 6.92. The summed E-state index contributed by atoms with van der Waals surface area (Å²) in [7, 11) is 1.56. The Morgan fingerprint density at radius 2 is 1.83 bits per heavy atom. The summed E-state index contributed by atoms with van der Waals surface area (Å²) in [5.74, 6) is -0.224. The quantitative estimate of drug-likeness (QED) is 0.323. The van der Waals surface area contributed by atoms with Crippen molar-refractivity contribution in [1.29, 1.82) is 0 Å². The van der Waals surface area contributed by atoms with Gasteiger partial charge in [-0.25, -0.2) is 9.78 Å². The number of rotatable bonds is 7. The number of piperidine rings is 1. The summed E-state index contributed by atoms with van der Waals surface area (Å²) in [6.07, 6.45) is 2.57. The molecule has 1 aromatic carbocycles. The summed E-state index contributed by atoms with van der Waals surface area (Å²) >= 11 is 0. The molecule has 1 aliphatic heterocycles. The normalized spacial score (nSPS) is 14.6. The Hall–Kier alpha value is -4.39. The summed E-state index contributed by atoms with van der Waals surface area (Å²) in [5.41, 5.74) is 10.5. The number of pyridine rings is 1. The van der Waals surface area contributed by atoms with E-state index >= 15 is 0 Å². The average molecular weight is 582 g/mol. The number of ether oxygens (including phenoxy) is 2. The largest absolute Gasteiger partial charge is 0.495 e. The number of methoxy groups -OCH3 is 1. The van der Waals surface area contributed by atoms with Gasteiger partial charge in [0, 0.05) is 19.3 Å². The maximum atomic E-state index is 13.0. The zero-order valence-corrected chi connectivity index (χ0v) is 24.9. The number of likely N-dealkylation sites (tertiary alicyclic amines) is 1. The number of carbonyl (C=O) groups excluding carboxylic acids is 2. The molecule has 3 aromatic rings. The Labute approximate surface area is 243 Å². The molecule has 2 aromatic heterocycles. The molecule has 2 amide bonds. The van der Waals surface area contributed by atoms with Crippen molar-refractivity contribution in [2.45, 2.75) is 71.1 Å². The van der Waals surface area contributed by atoms with Crippen LogP contribution in [0.5, 0.6) is 5.75 Å². The maximum absolute atomic E-state index is 13.0. The van der Waals surface area contributed by atoms with Crippen molar-refractivity contribution in [3.63, 3.8) is 0 Å². The third-order valence-electron chi connectivity index (χ3n) is 6.92. The van der Waals surface area contributed by atoms with Crippen molar-refractivity contribution < 1.29 is 24.2 Å². The maximum Gasteiger partial charge on any atom is 0.410 e. The number of aliphatic hydroxyl groups is 1. The van der Waals surface area contributed by atoms with Crippen LogP contribution in [0.2, 0.25) is 0 Å². The Morgan fingerprint density at radius 3 is 2.40 bits per heavy atom. The first kappa shape index (κ1) is 30.6. The van der Waals surface area contributed by atoms with Crippen LogP contribution in [-0.4, -0.2) is 67.9 Å². The van der Waals surface area contributed by atoms with E-state index < -0.39 is 22.5 Å². The number of amides is 2. The molecule has 0 spiro atoms. The van der Waals surface area contributed by atoms with E-state index in [4.69, 9.17) is 20.9 Å². The number of fused-ring (bicyclic) bond motifs is 1. The predicted octanol–water partition coefficient (Wildman–Crippen LogP) is 3.11. The number of carbonyl (C=O) groups is 2. The molecule has 0 unspecified atom stereocenters. The number of nitrogen functional groups attached to an aromatic ring is 1. The van der Waals surface area contributed by atoms with E-state index in [1.54, 1.807) is 25.9 Å². The molecule has 0 radical (unpaired) electrons. The highest BCUT2D eigenvalue weighted by molar-refractivity contribution is 6.00. The van der Waals surface area contributed by atoms with Crippen LogP contribution in [0.3, 0.4) is 0 Å². The molecule has 1 saturated heterocycles. The second-order valence-corrected chi connectivity index (χ2v) is 12.1. The highest BCUT2D eigenvalue weighted by Crippen LogP contribution is 2.35. The van der Waals surface area contributed by atoms with Crippen molar-refractivity contribution in [2.24, 2.45) is 5.73 Å². The van der Waals surface area contributed by atoms with Crippen LogP contribution in [0.15, 0.2) is 29.2 Å². The summed E-state index contributed by atoms with van der Waals surface area (Å²) in [4.78, 5) is 47.9. The monoisotopic (exact) mass is 581 g/mol. The number of benzene rings is 1. The van der Waals surface area contributed by atoms with Crippen LogP contribution < -0.4 is 26.9 Å². The first-order valence-electron chi connectivity index (χ1n) is 13.7. The molecule has 1 fully saturated rings. The standard InChI is InChI=1S/C29H39N7O6/c1-28(2,3)42-27(39)35-11-9-16(10-12-35)17-7-8-19(20(13-17)41-6)33-26-32-14-18-22(37)21(24(31)38)23(30)36(25(18)34-26)15-29(4,5)40/h7-8,13-14,16,40H,9-12,15,30H2,1-6H3,(H2,31,38)(H,32,33,34). The number of nitrogens with two attached hydrogens (primary N) is 2. The van der Waals surface area contributed by atoms with Gasteiger partial charge in [0.05, 0.1) is 30.3 Å². The van der Waals surface area contributed by atoms with Crippen molar-refractivity contribution in [2.75, 3.05) is 31.2 Å². The van der Waals surface area contributed by atoms with E-state index in [9.17, 15) is 19.5 Å². The van der Waals surface area contributed by atoms with Crippen molar-refractivity contribution in [3.8, 4) is 5.75 Å². The van der Waals surface area contributed by atoms with Crippen molar-refractivity contribution in [1.82, 2.24) is 19.4 Å². The molecule has 0 bridgehead atoms. The summed E-state index contributed by atoms with van der Waals surface area (Å²) in [6, 6.07) is 5.79. The molecule has 1 aliphatic rings. The fraction of sp³-hybridized carbons (Fsp3) is 0.483. The van der Waals surface area contributed by atoms with Gasteiger partial charge >= 0.3 is 6.09 Å². The van der Waals surface area contributed by atoms with Crippen LogP contribution >= 0.6 is 0 Å². The van der Waals surface area contributed by atoms with Crippen LogP contribution in [0.25, 0.3) is 11.0 Å². The lowest BCUT2D eigenvalue weighted by atomic mass is 9.89. The van der Waals surface area contributed by atoms with Gasteiger partial charge in [-0.05, 0) is 71.1 Å². The van der Waals surface area contributed by atoms with Gasteiger partial charge in [0.25, 0.3) is 5.91 Å². The molecule has 13 nitrogen and oxygen atoms in total. The SMILES string of the molecule is COc1cc(C2CCN(C(=O)OC(C)(C)C)CC2)ccc1Nc1ncc2c(=O)c(C(N)=O)c(N)n(CC(C)(C)O)c2n1. The number of nitrogens with one attached hydrogen (secondary N) is 1. The zero-order valence-electron chi connectivity index (χ0n) is 24.9. The number of nitrogens with zero attached hydrogens (tertiary/aromatic N) is 4. The van der Waals surface area contributed by atoms with Gasteiger partial charge in [-0.1, -0.05) is 6.07 Å². The van der Waals surface area contributed by atoms with Crippen LogP contribution in [0.1, 0.15) is 69.3 Å². The number of anilines is 3. The lowest BCUT2D eigenvalue weighted by Gasteiger charge is -2.33. The van der Waals surface area contributed by atoms with Crippen molar-refractivity contribution >= 4 is 40.5 Å². The topological polar surface area (TPSA) is 188 Å². The predicted molar refractivity (Wildman–Crippen MR) is 159 cm³/mol. The minimum Gasteiger partial charge on any atom is -0.495 e. The van der Waals surface area contributed by atoms with Gasteiger partial charge in [0.1, 0.15) is 22.7 Å². The molecule has 13 heteroatoms. The first-order chi connectivity index (χ1) is 19.6. The molecule has 0 saturated carbocycles. The molecule has 3 heterocycles. The van der Waals surface area contributed by atoms with Crippen LogP contribution in [0.4, 0.5) is 22.2 Å².